The second-order valence-corrected chi connectivity index (χ2v) is 10.0. The average Bonchev–Trinajstić information content (AvgIpc) is 3.33. The Morgan fingerprint density at radius 1 is 0.970 bits per heavy atom. The SMILES string of the molecule is Cc1ccc(NC(=O)CSc2nc3ccc(N4C(=O)c5ccccc5C4=O)cc3s2)cc1C. The average molecular weight is 474 g/mol. The summed E-state index contributed by atoms with van der Waals surface area (Å²) in [5.74, 6) is -0.513. The number of fused-ring (bicyclic) bond motifs is 2. The number of hydrogen-bond acceptors (Lipinski definition) is 6. The zero-order chi connectivity index (χ0) is 23.1. The van der Waals surface area contributed by atoms with Gasteiger partial charge in [-0.3, -0.25) is 14.4 Å². The Morgan fingerprint density at radius 3 is 2.39 bits per heavy atom. The lowest BCUT2D eigenvalue weighted by Crippen LogP contribution is -2.29. The van der Waals surface area contributed by atoms with Crippen molar-refractivity contribution in [3.63, 3.8) is 0 Å². The molecule has 0 saturated heterocycles. The van der Waals surface area contributed by atoms with Crippen molar-refractivity contribution in [1.29, 1.82) is 0 Å². The molecule has 1 aromatic heterocycles. The number of amides is 3. The summed E-state index contributed by atoms with van der Waals surface area (Å²) in [4.78, 5) is 43.7. The molecule has 33 heavy (non-hydrogen) atoms. The molecule has 5 rings (SSSR count). The van der Waals surface area contributed by atoms with Gasteiger partial charge in [-0.25, -0.2) is 9.88 Å². The molecule has 164 valence electrons. The lowest BCUT2D eigenvalue weighted by Gasteiger charge is -2.13. The highest BCUT2D eigenvalue weighted by Gasteiger charge is 2.36. The van der Waals surface area contributed by atoms with Gasteiger partial charge < -0.3 is 5.32 Å². The summed E-state index contributed by atoms with van der Waals surface area (Å²) >= 11 is 2.79. The number of nitrogens with one attached hydrogen (secondary N) is 1. The van der Waals surface area contributed by atoms with E-state index in [0.29, 0.717) is 16.8 Å². The van der Waals surface area contributed by atoms with E-state index in [-0.39, 0.29) is 23.5 Å². The Hall–Kier alpha value is -3.49. The van der Waals surface area contributed by atoms with E-state index >= 15 is 0 Å². The van der Waals surface area contributed by atoms with Crippen molar-refractivity contribution in [1.82, 2.24) is 4.98 Å². The first-order valence-electron chi connectivity index (χ1n) is 10.3. The van der Waals surface area contributed by atoms with Gasteiger partial charge in [0.1, 0.15) is 0 Å². The number of rotatable bonds is 5. The summed E-state index contributed by atoms with van der Waals surface area (Å²) in [5.41, 5.74) is 5.19. The van der Waals surface area contributed by atoms with Crippen LogP contribution in [0.1, 0.15) is 31.8 Å². The maximum atomic E-state index is 12.8. The molecule has 0 saturated carbocycles. The number of benzene rings is 3. The van der Waals surface area contributed by atoms with Crippen molar-refractivity contribution < 1.29 is 14.4 Å². The fourth-order valence-corrected chi connectivity index (χ4v) is 5.56. The lowest BCUT2D eigenvalue weighted by molar-refractivity contribution is -0.113. The molecule has 8 heteroatoms. The molecule has 2 heterocycles. The van der Waals surface area contributed by atoms with E-state index < -0.39 is 0 Å². The predicted octanol–water partition coefficient (Wildman–Crippen LogP) is 5.44. The van der Waals surface area contributed by atoms with Crippen LogP contribution in [0.2, 0.25) is 0 Å². The first kappa shape index (κ1) is 21.4. The van der Waals surface area contributed by atoms with Gasteiger partial charge in [0.25, 0.3) is 11.8 Å². The van der Waals surface area contributed by atoms with Crippen LogP contribution >= 0.6 is 23.1 Å². The molecule has 0 aliphatic carbocycles. The van der Waals surface area contributed by atoms with E-state index in [1.54, 1.807) is 42.5 Å². The number of imide groups is 1. The van der Waals surface area contributed by atoms with Gasteiger partial charge >= 0.3 is 0 Å². The Kier molecular flexibility index (Phi) is 5.47. The van der Waals surface area contributed by atoms with Gasteiger partial charge in [-0.1, -0.05) is 30.0 Å². The molecule has 0 unspecified atom stereocenters. The largest absolute Gasteiger partial charge is 0.325 e. The summed E-state index contributed by atoms with van der Waals surface area (Å²) in [7, 11) is 0. The van der Waals surface area contributed by atoms with Crippen LogP contribution in [0.4, 0.5) is 11.4 Å². The molecular weight excluding hydrogens is 454 g/mol. The van der Waals surface area contributed by atoms with Crippen LogP contribution in [0, 0.1) is 13.8 Å². The van der Waals surface area contributed by atoms with Crippen LogP contribution in [0.25, 0.3) is 10.2 Å². The van der Waals surface area contributed by atoms with Gasteiger partial charge in [0, 0.05) is 5.69 Å². The molecule has 3 aromatic carbocycles. The van der Waals surface area contributed by atoms with E-state index in [4.69, 9.17) is 0 Å². The van der Waals surface area contributed by atoms with Crippen LogP contribution in [-0.4, -0.2) is 28.5 Å². The van der Waals surface area contributed by atoms with E-state index in [0.717, 1.165) is 25.8 Å². The fourth-order valence-electron chi connectivity index (χ4n) is 3.66. The Labute approximate surface area is 198 Å². The number of anilines is 2. The topological polar surface area (TPSA) is 79.4 Å². The van der Waals surface area contributed by atoms with Gasteiger partial charge in [-0.2, -0.15) is 0 Å². The number of aryl methyl sites for hydroxylation is 2. The Morgan fingerprint density at radius 2 is 1.70 bits per heavy atom. The normalized spacial score (nSPS) is 13.0. The molecule has 1 aliphatic heterocycles. The quantitative estimate of drug-likeness (QED) is 0.308. The van der Waals surface area contributed by atoms with Crippen molar-refractivity contribution in [2.45, 2.75) is 18.2 Å². The third-order valence-electron chi connectivity index (χ3n) is 5.52. The molecule has 1 aliphatic rings. The second kappa shape index (κ2) is 8.46. The fraction of sp³-hybridized carbons (Fsp3) is 0.120. The number of carbonyl (C=O) groups excluding carboxylic acids is 3. The minimum Gasteiger partial charge on any atom is -0.325 e. The summed E-state index contributed by atoms with van der Waals surface area (Å²) in [5, 5.41) is 2.91. The zero-order valence-corrected chi connectivity index (χ0v) is 19.5. The minimum atomic E-state index is -0.322. The number of aromatic nitrogens is 1. The number of hydrogen-bond donors (Lipinski definition) is 1. The van der Waals surface area contributed by atoms with Crippen LogP contribution in [-0.2, 0) is 4.79 Å². The maximum Gasteiger partial charge on any atom is 0.266 e. The van der Waals surface area contributed by atoms with Crippen LogP contribution < -0.4 is 10.2 Å². The maximum absolute atomic E-state index is 12.8. The molecule has 0 spiro atoms. The minimum absolute atomic E-state index is 0.103. The van der Waals surface area contributed by atoms with Gasteiger partial charge in [-0.05, 0) is 67.4 Å². The van der Waals surface area contributed by atoms with Gasteiger partial charge in [0.15, 0.2) is 4.34 Å². The van der Waals surface area contributed by atoms with Gasteiger partial charge in [0.05, 0.1) is 32.8 Å². The highest BCUT2D eigenvalue weighted by atomic mass is 32.2. The van der Waals surface area contributed by atoms with Crippen molar-refractivity contribution in [2.24, 2.45) is 0 Å². The third-order valence-corrected chi connectivity index (χ3v) is 7.68. The molecule has 6 nitrogen and oxygen atoms in total. The predicted molar refractivity (Wildman–Crippen MR) is 132 cm³/mol. The van der Waals surface area contributed by atoms with E-state index in [9.17, 15) is 14.4 Å². The molecule has 0 bridgehead atoms. The summed E-state index contributed by atoms with van der Waals surface area (Å²) in [6, 6.07) is 18.0. The smallest absolute Gasteiger partial charge is 0.266 e. The van der Waals surface area contributed by atoms with Crippen LogP contribution in [0.5, 0.6) is 0 Å². The number of thioether (sulfide) groups is 1. The van der Waals surface area contributed by atoms with Crippen molar-refractivity contribution >= 4 is 62.4 Å². The van der Waals surface area contributed by atoms with Crippen molar-refractivity contribution in [2.75, 3.05) is 16.0 Å². The summed E-state index contributed by atoms with van der Waals surface area (Å²) in [6.45, 7) is 4.04. The van der Waals surface area contributed by atoms with Gasteiger partial charge in [-0.15, -0.1) is 11.3 Å². The molecule has 0 radical (unpaired) electrons. The van der Waals surface area contributed by atoms with Crippen molar-refractivity contribution in [3.05, 3.63) is 82.9 Å². The Bertz CT molecular complexity index is 1410. The molecule has 0 atom stereocenters. The number of nitrogens with zero attached hydrogens (tertiary/aromatic N) is 2. The zero-order valence-electron chi connectivity index (χ0n) is 17.9. The summed E-state index contributed by atoms with van der Waals surface area (Å²) < 4.78 is 1.60. The molecule has 1 N–H and O–H groups in total. The lowest BCUT2D eigenvalue weighted by atomic mass is 10.1. The number of carbonyl (C=O) groups is 3. The highest BCUT2D eigenvalue weighted by Crippen LogP contribution is 2.35. The first-order valence-corrected chi connectivity index (χ1v) is 12.1. The van der Waals surface area contributed by atoms with Gasteiger partial charge in [0.2, 0.25) is 5.91 Å². The number of thiazole rings is 1. The van der Waals surface area contributed by atoms with Crippen molar-refractivity contribution in [3.8, 4) is 0 Å². The second-order valence-electron chi connectivity index (χ2n) is 7.76. The highest BCUT2D eigenvalue weighted by molar-refractivity contribution is 8.01. The third kappa shape index (κ3) is 4.03. The molecule has 0 fully saturated rings. The van der Waals surface area contributed by atoms with Crippen LogP contribution in [0.15, 0.2) is 65.0 Å². The monoisotopic (exact) mass is 473 g/mol. The first-order chi connectivity index (χ1) is 15.9. The molecule has 4 aromatic rings. The molecule has 3 amide bonds. The summed E-state index contributed by atoms with van der Waals surface area (Å²) in [6.07, 6.45) is 0. The van der Waals surface area contributed by atoms with E-state index in [2.05, 4.69) is 10.3 Å². The Balaban J connectivity index is 1.30. The standard InChI is InChI=1S/C25H19N3O3S2/c1-14-7-8-16(11-15(14)2)26-22(29)13-32-25-27-20-10-9-17(12-21(20)33-25)28-23(30)18-5-3-4-6-19(18)24(28)31/h3-12H,13H2,1-2H3,(H,26,29). The van der Waals surface area contributed by atoms with E-state index in [1.807, 2.05) is 32.0 Å². The van der Waals surface area contributed by atoms with E-state index in [1.165, 1.54) is 33.6 Å². The van der Waals surface area contributed by atoms with Crippen LogP contribution in [0.3, 0.4) is 0 Å². The molecular formula is C25H19N3O3S2.